The van der Waals surface area contributed by atoms with Gasteiger partial charge in [-0.1, -0.05) is 24.3 Å². The minimum Gasteiger partial charge on any atom is -0.352 e. The molecule has 3 aromatic rings. The lowest BCUT2D eigenvalue weighted by Crippen LogP contribution is -2.45. The molecule has 1 atom stereocenters. The SMILES string of the molecule is Cc1nn(-c2ccccc2)c(C)c1CNC(=O)[C@@H]1CCCN(S(=O)(=O)c2cccs2)C1. The second-order valence-electron chi connectivity index (χ2n) is 7.75. The van der Waals surface area contributed by atoms with Crippen LogP contribution < -0.4 is 5.32 Å². The average Bonchev–Trinajstić information content (AvgIpc) is 3.42. The second kappa shape index (κ2) is 8.94. The summed E-state index contributed by atoms with van der Waals surface area (Å²) >= 11 is 1.20. The van der Waals surface area contributed by atoms with Crippen molar-refractivity contribution in [2.45, 2.75) is 37.4 Å². The molecular formula is C22H26N4O3S2. The van der Waals surface area contributed by atoms with Crippen molar-refractivity contribution in [1.82, 2.24) is 19.4 Å². The number of piperidine rings is 1. The van der Waals surface area contributed by atoms with Gasteiger partial charge in [-0.3, -0.25) is 4.79 Å². The number of amides is 1. The van der Waals surface area contributed by atoms with E-state index in [0.29, 0.717) is 30.1 Å². The number of hydrogen-bond acceptors (Lipinski definition) is 5. The zero-order valence-electron chi connectivity index (χ0n) is 17.6. The molecule has 1 aliphatic heterocycles. The number of hydrogen-bond donors (Lipinski definition) is 1. The largest absolute Gasteiger partial charge is 0.352 e. The van der Waals surface area contributed by atoms with Gasteiger partial charge in [0.25, 0.3) is 10.0 Å². The van der Waals surface area contributed by atoms with Gasteiger partial charge < -0.3 is 5.32 Å². The maximum Gasteiger partial charge on any atom is 0.252 e. The molecule has 2 aromatic heterocycles. The highest BCUT2D eigenvalue weighted by Crippen LogP contribution is 2.26. The molecule has 0 spiro atoms. The third kappa shape index (κ3) is 4.44. The van der Waals surface area contributed by atoms with E-state index in [0.717, 1.165) is 22.6 Å². The minimum absolute atomic E-state index is 0.114. The summed E-state index contributed by atoms with van der Waals surface area (Å²) in [6, 6.07) is 13.2. The number of carbonyl (C=O) groups excluding carboxylic acids is 1. The Morgan fingerprint density at radius 2 is 1.97 bits per heavy atom. The van der Waals surface area contributed by atoms with Crippen molar-refractivity contribution in [1.29, 1.82) is 0 Å². The van der Waals surface area contributed by atoms with E-state index < -0.39 is 10.0 Å². The van der Waals surface area contributed by atoms with Gasteiger partial charge in [0.15, 0.2) is 0 Å². The summed E-state index contributed by atoms with van der Waals surface area (Å²) in [5.41, 5.74) is 3.81. The summed E-state index contributed by atoms with van der Waals surface area (Å²) in [5.74, 6) is -0.467. The molecule has 3 heterocycles. The van der Waals surface area contributed by atoms with Gasteiger partial charge in [0.05, 0.1) is 17.3 Å². The summed E-state index contributed by atoms with van der Waals surface area (Å²) < 4.78 is 29.3. The van der Waals surface area contributed by atoms with Crippen LogP contribution in [0.15, 0.2) is 52.1 Å². The first-order valence-corrected chi connectivity index (χ1v) is 12.6. The van der Waals surface area contributed by atoms with Crippen LogP contribution in [0.5, 0.6) is 0 Å². The molecule has 1 saturated heterocycles. The molecule has 7 nitrogen and oxygen atoms in total. The van der Waals surface area contributed by atoms with Crippen molar-refractivity contribution in [2.24, 2.45) is 5.92 Å². The van der Waals surface area contributed by atoms with Gasteiger partial charge in [-0.05, 0) is 50.3 Å². The van der Waals surface area contributed by atoms with Crippen molar-refractivity contribution in [2.75, 3.05) is 13.1 Å². The van der Waals surface area contributed by atoms with Crippen molar-refractivity contribution in [3.63, 3.8) is 0 Å². The van der Waals surface area contributed by atoms with Crippen molar-refractivity contribution in [3.8, 4) is 5.69 Å². The van der Waals surface area contributed by atoms with Gasteiger partial charge in [0.2, 0.25) is 5.91 Å². The summed E-state index contributed by atoms with van der Waals surface area (Å²) in [6.07, 6.45) is 1.36. The molecule has 1 N–H and O–H groups in total. The minimum atomic E-state index is -3.53. The topological polar surface area (TPSA) is 84.3 Å². The second-order valence-corrected chi connectivity index (χ2v) is 10.9. The molecule has 31 heavy (non-hydrogen) atoms. The highest BCUT2D eigenvalue weighted by atomic mass is 32.2. The van der Waals surface area contributed by atoms with Crippen LogP contribution in [0, 0.1) is 19.8 Å². The third-order valence-corrected chi connectivity index (χ3v) is 8.96. The molecule has 0 saturated carbocycles. The van der Waals surface area contributed by atoms with Crippen LogP contribution in [0.25, 0.3) is 5.69 Å². The molecule has 0 aliphatic carbocycles. The number of sulfonamides is 1. The van der Waals surface area contributed by atoms with Crippen LogP contribution in [0.2, 0.25) is 0 Å². The summed E-state index contributed by atoms with van der Waals surface area (Å²) in [4.78, 5) is 12.9. The van der Waals surface area contributed by atoms with E-state index in [2.05, 4.69) is 10.4 Å². The number of nitrogens with zero attached hydrogens (tertiary/aromatic N) is 3. The van der Waals surface area contributed by atoms with Gasteiger partial charge in [-0.2, -0.15) is 9.40 Å². The molecule has 0 unspecified atom stereocenters. The number of carbonyl (C=O) groups is 1. The number of rotatable bonds is 6. The maximum atomic E-state index is 12.9. The lowest BCUT2D eigenvalue weighted by atomic mass is 9.98. The third-order valence-electron chi connectivity index (χ3n) is 5.73. The number of para-hydroxylation sites is 1. The molecule has 0 bridgehead atoms. The fraction of sp³-hybridized carbons (Fsp3) is 0.364. The van der Waals surface area contributed by atoms with Gasteiger partial charge in [-0.25, -0.2) is 13.1 Å². The Hall–Kier alpha value is -2.49. The van der Waals surface area contributed by atoms with Crippen LogP contribution >= 0.6 is 11.3 Å². The van der Waals surface area contributed by atoms with Crippen LogP contribution in [-0.2, 0) is 21.4 Å². The van der Waals surface area contributed by atoms with Crippen molar-refractivity contribution < 1.29 is 13.2 Å². The Labute approximate surface area is 186 Å². The predicted octanol–water partition coefficient (Wildman–Crippen LogP) is 3.27. The Balaban J connectivity index is 1.43. The summed E-state index contributed by atoms with van der Waals surface area (Å²) in [5, 5.41) is 9.38. The van der Waals surface area contributed by atoms with Crippen LogP contribution in [0.3, 0.4) is 0 Å². The smallest absolute Gasteiger partial charge is 0.252 e. The molecule has 164 valence electrons. The van der Waals surface area contributed by atoms with E-state index in [4.69, 9.17) is 0 Å². The Bertz CT molecular complexity index is 1160. The zero-order chi connectivity index (χ0) is 22.0. The first-order valence-electron chi connectivity index (χ1n) is 10.3. The molecule has 0 radical (unpaired) electrons. The normalized spacial score (nSPS) is 17.5. The maximum absolute atomic E-state index is 12.9. The quantitative estimate of drug-likeness (QED) is 0.614. The molecule has 4 rings (SSSR count). The number of nitrogens with one attached hydrogen (secondary N) is 1. The highest BCUT2D eigenvalue weighted by molar-refractivity contribution is 7.91. The van der Waals surface area contributed by atoms with E-state index in [1.807, 2.05) is 48.9 Å². The zero-order valence-corrected chi connectivity index (χ0v) is 19.2. The number of aryl methyl sites for hydroxylation is 1. The molecule has 1 fully saturated rings. The van der Waals surface area contributed by atoms with E-state index >= 15 is 0 Å². The van der Waals surface area contributed by atoms with E-state index in [9.17, 15) is 13.2 Å². The first kappa shape index (κ1) is 21.7. The molecule has 1 amide bonds. The molecule has 1 aromatic carbocycles. The van der Waals surface area contributed by atoms with Crippen LogP contribution in [0.4, 0.5) is 0 Å². The fourth-order valence-corrected chi connectivity index (χ4v) is 6.65. The predicted molar refractivity (Wildman–Crippen MR) is 121 cm³/mol. The Morgan fingerprint density at radius 3 is 2.68 bits per heavy atom. The highest BCUT2D eigenvalue weighted by Gasteiger charge is 2.33. The first-order chi connectivity index (χ1) is 14.9. The molecule has 1 aliphatic rings. The molecule has 9 heteroatoms. The summed E-state index contributed by atoms with van der Waals surface area (Å²) in [6.45, 7) is 4.96. The van der Waals surface area contributed by atoms with Crippen molar-refractivity contribution in [3.05, 3.63) is 64.8 Å². The molecular weight excluding hydrogens is 432 g/mol. The van der Waals surface area contributed by atoms with E-state index in [-0.39, 0.29) is 18.4 Å². The lowest BCUT2D eigenvalue weighted by Gasteiger charge is -2.30. The van der Waals surface area contributed by atoms with Gasteiger partial charge >= 0.3 is 0 Å². The number of aromatic nitrogens is 2. The number of benzene rings is 1. The van der Waals surface area contributed by atoms with E-state index in [1.165, 1.54) is 15.6 Å². The van der Waals surface area contributed by atoms with Crippen molar-refractivity contribution >= 4 is 27.3 Å². The number of thiophene rings is 1. The fourth-order valence-electron chi connectivity index (χ4n) is 3.98. The Kier molecular flexibility index (Phi) is 6.27. The van der Waals surface area contributed by atoms with Crippen LogP contribution in [-0.4, -0.2) is 41.5 Å². The van der Waals surface area contributed by atoms with Gasteiger partial charge in [0, 0.05) is 30.9 Å². The van der Waals surface area contributed by atoms with Gasteiger partial charge in [0.1, 0.15) is 4.21 Å². The lowest BCUT2D eigenvalue weighted by molar-refractivity contribution is -0.126. The standard InChI is InChI=1S/C22H26N4O3S2/c1-16-20(17(2)26(24-16)19-9-4-3-5-10-19)14-23-22(27)18-8-6-12-25(15-18)31(28,29)21-11-7-13-30-21/h3-5,7,9-11,13,18H,6,8,12,14-15H2,1-2H3,(H,23,27)/t18-/m1/s1. The van der Waals surface area contributed by atoms with E-state index in [1.54, 1.807) is 17.5 Å². The monoisotopic (exact) mass is 458 g/mol. The van der Waals surface area contributed by atoms with Gasteiger partial charge in [-0.15, -0.1) is 11.3 Å². The average molecular weight is 459 g/mol. The van der Waals surface area contributed by atoms with Crippen LogP contribution in [0.1, 0.15) is 29.8 Å². The Morgan fingerprint density at radius 1 is 1.19 bits per heavy atom. The summed E-state index contributed by atoms with van der Waals surface area (Å²) in [7, 11) is -3.53.